The monoisotopic (exact) mass is 447 g/mol. The molecule has 0 aliphatic heterocycles. The summed E-state index contributed by atoms with van der Waals surface area (Å²) >= 11 is 0. The zero-order chi connectivity index (χ0) is 24.9. The molecule has 0 unspecified atom stereocenters. The number of aromatic nitrogens is 1. The first kappa shape index (κ1) is 24.0. The van der Waals surface area contributed by atoms with Crippen molar-refractivity contribution in [3.05, 3.63) is 98.1 Å². The van der Waals surface area contributed by atoms with Gasteiger partial charge in [-0.05, 0) is 154 Å². The van der Waals surface area contributed by atoms with Gasteiger partial charge in [0.05, 0.1) is 11.4 Å². The molecule has 0 bridgehead atoms. The quantitative estimate of drug-likeness (QED) is 0.305. The predicted molar refractivity (Wildman–Crippen MR) is 148 cm³/mol. The van der Waals surface area contributed by atoms with E-state index in [0.29, 0.717) is 0 Å². The number of hydrogen-bond donors (Lipinski definition) is 0. The molecule has 4 aromatic rings. The molecule has 0 amide bonds. The van der Waals surface area contributed by atoms with Crippen LogP contribution in [0.1, 0.15) is 55.6 Å². The molecule has 0 radical (unpaired) electrons. The Bertz CT molecular complexity index is 1270. The number of nitrogens with zero attached hydrogens (tertiary/aromatic N) is 1. The van der Waals surface area contributed by atoms with Crippen molar-refractivity contribution in [3.63, 3.8) is 0 Å². The van der Waals surface area contributed by atoms with Gasteiger partial charge in [0.15, 0.2) is 0 Å². The lowest BCUT2D eigenvalue weighted by molar-refractivity contribution is 1.16. The molecule has 0 aliphatic carbocycles. The topological polar surface area (TPSA) is 12.9 Å². The molecule has 1 nitrogen and oxygen atoms in total. The van der Waals surface area contributed by atoms with Crippen LogP contribution in [0, 0.1) is 69.2 Å². The van der Waals surface area contributed by atoms with E-state index in [1.54, 1.807) is 0 Å². The molecule has 0 N–H and O–H groups in total. The van der Waals surface area contributed by atoms with Gasteiger partial charge in [-0.1, -0.05) is 24.3 Å². The summed E-state index contributed by atoms with van der Waals surface area (Å²) < 4.78 is 0. The third-order valence-corrected chi connectivity index (χ3v) is 8.45. The second kappa shape index (κ2) is 8.87. The van der Waals surface area contributed by atoms with Gasteiger partial charge in [-0.25, -0.2) is 4.98 Å². The Balaban J connectivity index is 1.87. The molecule has 34 heavy (non-hydrogen) atoms. The van der Waals surface area contributed by atoms with Crippen LogP contribution in [-0.2, 0) is 0 Å². The van der Waals surface area contributed by atoms with Crippen molar-refractivity contribution < 1.29 is 0 Å². The zero-order valence-electron chi connectivity index (χ0n) is 22.5. The molecule has 0 spiro atoms. The summed E-state index contributed by atoms with van der Waals surface area (Å²) in [6.45, 7) is 22.4. The van der Waals surface area contributed by atoms with Crippen molar-refractivity contribution in [2.75, 3.05) is 0 Å². The highest BCUT2D eigenvalue weighted by Gasteiger charge is 2.17. The maximum Gasteiger partial charge on any atom is 0.0715 e. The minimum Gasteiger partial charge on any atom is -0.248 e. The SMILES string of the molecule is Cc1c(C)c(C)c(-c2cccc(-c3cccc(-c4c(C)c(C)c(C)c(C)c4C)n3)c2)c(C)c1C. The van der Waals surface area contributed by atoms with Gasteiger partial charge >= 0.3 is 0 Å². The fourth-order valence-corrected chi connectivity index (χ4v) is 5.39. The van der Waals surface area contributed by atoms with E-state index in [1.807, 2.05) is 0 Å². The van der Waals surface area contributed by atoms with Crippen molar-refractivity contribution in [2.45, 2.75) is 69.2 Å². The van der Waals surface area contributed by atoms with E-state index in [-0.39, 0.29) is 0 Å². The molecule has 0 fully saturated rings. The molecule has 4 rings (SSSR count). The molecule has 1 heteroatoms. The molecule has 0 saturated carbocycles. The Morgan fingerprint density at radius 3 is 1.29 bits per heavy atom. The van der Waals surface area contributed by atoms with Crippen molar-refractivity contribution in [1.29, 1.82) is 0 Å². The lowest BCUT2D eigenvalue weighted by atomic mass is 9.86. The summed E-state index contributed by atoms with van der Waals surface area (Å²) in [4.78, 5) is 5.18. The minimum absolute atomic E-state index is 1.02. The van der Waals surface area contributed by atoms with E-state index < -0.39 is 0 Å². The van der Waals surface area contributed by atoms with E-state index in [4.69, 9.17) is 4.98 Å². The maximum atomic E-state index is 5.18. The Hall–Kier alpha value is -3.19. The van der Waals surface area contributed by atoms with E-state index in [2.05, 4.69) is 112 Å². The van der Waals surface area contributed by atoms with Crippen molar-refractivity contribution in [2.24, 2.45) is 0 Å². The van der Waals surface area contributed by atoms with Crippen molar-refractivity contribution >= 4 is 0 Å². The van der Waals surface area contributed by atoms with Crippen LogP contribution in [0.25, 0.3) is 33.6 Å². The van der Waals surface area contributed by atoms with Gasteiger partial charge in [0.1, 0.15) is 0 Å². The molecule has 0 saturated heterocycles. The molecule has 174 valence electrons. The van der Waals surface area contributed by atoms with Crippen molar-refractivity contribution in [3.8, 4) is 33.6 Å². The van der Waals surface area contributed by atoms with Crippen LogP contribution in [-0.4, -0.2) is 4.98 Å². The second-order valence-corrected chi connectivity index (χ2v) is 9.99. The van der Waals surface area contributed by atoms with Crippen LogP contribution < -0.4 is 0 Å². The number of rotatable bonds is 3. The lowest BCUT2D eigenvalue weighted by Crippen LogP contribution is -2.01. The Morgan fingerprint density at radius 1 is 0.382 bits per heavy atom. The lowest BCUT2D eigenvalue weighted by Gasteiger charge is -2.20. The third-order valence-electron chi connectivity index (χ3n) is 8.45. The first-order valence-electron chi connectivity index (χ1n) is 12.3. The van der Waals surface area contributed by atoms with Crippen LogP contribution in [0.5, 0.6) is 0 Å². The highest BCUT2D eigenvalue weighted by Crippen LogP contribution is 2.37. The van der Waals surface area contributed by atoms with E-state index >= 15 is 0 Å². The van der Waals surface area contributed by atoms with Crippen LogP contribution in [0.4, 0.5) is 0 Å². The summed E-state index contributed by atoms with van der Waals surface area (Å²) in [6, 6.07) is 15.3. The average Bonchev–Trinajstić information content (AvgIpc) is 2.84. The van der Waals surface area contributed by atoms with Crippen LogP contribution in [0.2, 0.25) is 0 Å². The van der Waals surface area contributed by atoms with Gasteiger partial charge in [-0.15, -0.1) is 0 Å². The van der Waals surface area contributed by atoms with Crippen molar-refractivity contribution in [1.82, 2.24) is 4.98 Å². The fraction of sp³-hybridized carbons (Fsp3) is 0.303. The summed E-state index contributed by atoms with van der Waals surface area (Å²) in [7, 11) is 0. The summed E-state index contributed by atoms with van der Waals surface area (Å²) in [5.41, 5.74) is 20.8. The standard InChI is InChI=1S/C33H37N/c1-18-20(3)24(7)32(25(8)21(18)4)29-14-11-13-28(17-29)30-15-12-16-31(34-30)33-26(9)22(5)19(2)23(6)27(33)10/h11-17H,1-10H3. The normalized spacial score (nSPS) is 11.2. The van der Waals surface area contributed by atoms with Gasteiger partial charge in [0, 0.05) is 11.1 Å². The highest BCUT2D eigenvalue weighted by atomic mass is 14.7. The molecular formula is C33H37N. The van der Waals surface area contributed by atoms with E-state index in [9.17, 15) is 0 Å². The van der Waals surface area contributed by atoms with E-state index in [1.165, 1.54) is 72.3 Å². The van der Waals surface area contributed by atoms with Crippen LogP contribution in [0.15, 0.2) is 42.5 Å². The van der Waals surface area contributed by atoms with Gasteiger partial charge < -0.3 is 0 Å². The van der Waals surface area contributed by atoms with Gasteiger partial charge in [0.2, 0.25) is 0 Å². The molecule has 0 atom stereocenters. The minimum atomic E-state index is 1.02. The molecule has 0 aliphatic rings. The summed E-state index contributed by atoms with van der Waals surface area (Å²) in [6.07, 6.45) is 0. The Morgan fingerprint density at radius 2 is 0.765 bits per heavy atom. The predicted octanol–water partition coefficient (Wildman–Crippen LogP) is 9.17. The Kier molecular flexibility index (Phi) is 6.25. The summed E-state index contributed by atoms with van der Waals surface area (Å²) in [5.74, 6) is 0. The molecule has 3 aromatic carbocycles. The summed E-state index contributed by atoms with van der Waals surface area (Å²) in [5, 5.41) is 0. The smallest absolute Gasteiger partial charge is 0.0715 e. The molecule has 1 aromatic heterocycles. The number of hydrogen-bond acceptors (Lipinski definition) is 1. The zero-order valence-corrected chi connectivity index (χ0v) is 22.5. The van der Waals surface area contributed by atoms with Gasteiger partial charge in [-0.2, -0.15) is 0 Å². The van der Waals surface area contributed by atoms with Gasteiger partial charge in [0.25, 0.3) is 0 Å². The fourth-order valence-electron chi connectivity index (χ4n) is 5.39. The number of pyridine rings is 1. The first-order valence-corrected chi connectivity index (χ1v) is 12.3. The van der Waals surface area contributed by atoms with Crippen LogP contribution in [0.3, 0.4) is 0 Å². The van der Waals surface area contributed by atoms with E-state index in [0.717, 1.165) is 17.0 Å². The Labute approximate surface area is 205 Å². The highest BCUT2D eigenvalue weighted by molar-refractivity contribution is 5.79. The molecular weight excluding hydrogens is 410 g/mol. The average molecular weight is 448 g/mol. The first-order chi connectivity index (χ1) is 16.0. The largest absolute Gasteiger partial charge is 0.248 e. The van der Waals surface area contributed by atoms with Crippen LogP contribution >= 0.6 is 0 Å². The third kappa shape index (κ3) is 3.78. The molecule has 1 heterocycles. The number of benzene rings is 3. The van der Waals surface area contributed by atoms with Gasteiger partial charge in [-0.3, -0.25) is 0 Å². The maximum absolute atomic E-state index is 5.18. The second-order valence-electron chi connectivity index (χ2n) is 9.99.